The predicted molar refractivity (Wildman–Crippen MR) is 98.5 cm³/mol. The quantitative estimate of drug-likeness (QED) is 0.753. The number of nitrogens with zero attached hydrogens (tertiary/aromatic N) is 1. The van der Waals surface area contributed by atoms with Gasteiger partial charge in [-0.05, 0) is 30.5 Å². The zero-order chi connectivity index (χ0) is 18.4. The highest BCUT2D eigenvalue weighted by Crippen LogP contribution is 2.14. The lowest BCUT2D eigenvalue weighted by Gasteiger charge is -2.13. The summed E-state index contributed by atoms with van der Waals surface area (Å²) in [7, 11) is 0. The fraction of sp³-hybridized carbons (Fsp3) is 0.250. The number of anilines is 1. The molecule has 2 aromatic carbocycles. The molecule has 0 aliphatic carbocycles. The molecule has 26 heavy (non-hydrogen) atoms. The van der Waals surface area contributed by atoms with Crippen molar-refractivity contribution in [3.05, 3.63) is 66.2 Å². The first-order valence-electron chi connectivity index (χ1n) is 8.64. The molecule has 1 fully saturated rings. The Labute approximate surface area is 152 Å². The molecule has 0 saturated carbocycles. The van der Waals surface area contributed by atoms with E-state index in [9.17, 15) is 14.4 Å². The van der Waals surface area contributed by atoms with Gasteiger partial charge in [-0.3, -0.25) is 14.5 Å². The summed E-state index contributed by atoms with van der Waals surface area (Å²) in [5.41, 5.74) is 1.78. The smallest absolute Gasteiger partial charge is 0.324 e. The number of nitrogens with one attached hydrogen (secondary N) is 2. The topological polar surface area (TPSA) is 78.5 Å². The fourth-order valence-electron chi connectivity index (χ4n) is 2.89. The first-order chi connectivity index (χ1) is 12.6. The van der Waals surface area contributed by atoms with Crippen LogP contribution in [0, 0.1) is 0 Å². The lowest BCUT2D eigenvalue weighted by Crippen LogP contribution is -2.33. The number of urea groups is 1. The van der Waals surface area contributed by atoms with E-state index in [4.69, 9.17) is 0 Å². The van der Waals surface area contributed by atoms with Crippen LogP contribution in [0.4, 0.5) is 10.5 Å². The van der Waals surface area contributed by atoms with Crippen molar-refractivity contribution in [3.63, 3.8) is 0 Å². The van der Waals surface area contributed by atoms with Crippen molar-refractivity contribution in [2.45, 2.75) is 25.3 Å². The number of para-hydroxylation sites is 1. The van der Waals surface area contributed by atoms with Gasteiger partial charge < -0.3 is 10.6 Å². The number of carbonyl (C=O) groups excluding carboxylic acids is 3. The first-order valence-corrected chi connectivity index (χ1v) is 8.64. The van der Waals surface area contributed by atoms with Gasteiger partial charge in [0.05, 0.1) is 0 Å². The fourth-order valence-corrected chi connectivity index (χ4v) is 2.89. The second kappa shape index (κ2) is 8.29. The lowest BCUT2D eigenvalue weighted by atomic mass is 10.1. The van der Waals surface area contributed by atoms with E-state index < -0.39 is 6.04 Å². The van der Waals surface area contributed by atoms with Crippen molar-refractivity contribution in [1.29, 1.82) is 0 Å². The first kappa shape index (κ1) is 17.7. The molecule has 1 aliphatic rings. The van der Waals surface area contributed by atoms with Crippen molar-refractivity contribution in [2.75, 3.05) is 11.9 Å². The SMILES string of the molecule is O=C(CC[C@@H]1NC(=O)N(CCc2ccccc2)C1=O)Nc1ccccc1. The van der Waals surface area contributed by atoms with Crippen LogP contribution >= 0.6 is 0 Å². The highest BCUT2D eigenvalue weighted by atomic mass is 16.2. The molecule has 2 aromatic rings. The van der Waals surface area contributed by atoms with Crippen molar-refractivity contribution in [1.82, 2.24) is 10.2 Å². The van der Waals surface area contributed by atoms with Crippen LogP contribution in [0.2, 0.25) is 0 Å². The van der Waals surface area contributed by atoms with E-state index in [2.05, 4.69) is 10.6 Å². The second-order valence-electron chi connectivity index (χ2n) is 6.18. The monoisotopic (exact) mass is 351 g/mol. The number of amides is 4. The van der Waals surface area contributed by atoms with E-state index in [0.717, 1.165) is 5.56 Å². The Morgan fingerprint density at radius 3 is 2.35 bits per heavy atom. The maximum absolute atomic E-state index is 12.4. The van der Waals surface area contributed by atoms with Gasteiger partial charge in [0, 0.05) is 18.7 Å². The molecule has 3 rings (SSSR count). The predicted octanol–water partition coefficient (Wildman–Crippen LogP) is 2.57. The summed E-state index contributed by atoms with van der Waals surface area (Å²) in [5, 5.41) is 5.44. The van der Waals surface area contributed by atoms with E-state index >= 15 is 0 Å². The minimum atomic E-state index is -0.639. The van der Waals surface area contributed by atoms with Crippen LogP contribution in [0.5, 0.6) is 0 Å². The molecule has 0 unspecified atom stereocenters. The molecule has 0 aromatic heterocycles. The van der Waals surface area contributed by atoms with Gasteiger partial charge in [-0.15, -0.1) is 0 Å². The normalized spacial score (nSPS) is 16.5. The van der Waals surface area contributed by atoms with Crippen LogP contribution < -0.4 is 10.6 Å². The number of hydrogen-bond donors (Lipinski definition) is 2. The Morgan fingerprint density at radius 1 is 1.00 bits per heavy atom. The van der Waals surface area contributed by atoms with E-state index in [0.29, 0.717) is 18.7 Å². The molecule has 2 N–H and O–H groups in total. The summed E-state index contributed by atoms with van der Waals surface area (Å²) in [6.07, 6.45) is 1.06. The molecule has 1 aliphatic heterocycles. The largest absolute Gasteiger partial charge is 0.326 e. The average molecular weight is 351 g/mol. The third-order valence-electron chi connectivity index (χ3n) is 4.29. The van der Waals surface area contributed by atoms with Gasteiger partial charge in [-0.2, -0.15) is 0 Å². The van der Waals surface area contributed by atoms with Crippen LogP contribution in [0.1, 0.15) is 18.4 Å². The van der Waals surface area contributed by atoms with Gasteiger partial charge in [-0.25, -0.2) is 4.79 Å². The van der Waals surface area contributed by atoms with Crippen molar-refractivity contribution in [3.8, 4) is 0 Å². The van der Waals surface area contributed by atoms with Gasteiger partial charge in [-0.1, -0.05) is 48.5 Å². The van der Waals surface area contributed by atoms with Gasteiger partial charge in [0.25, 0.3) is 5.91 Å². The molecule has 134 valence electrons. The molecule has 0 bridgehead atoms. The van der Waals surface area contributed by atoms with Gasteiger partial charge >= 0.3 is 6.03 Å². The zero-order valence-corrected chi connectivity index (χ0v) is 14.4. The van der Waals surface area contributed by atoms with Crippen LogP contribution in [0.3, 0.4) is 0 Å². The summed E-state index contributed by atoms with van der Waals surface area (Å²) in [5.74, 6) is -0.445. The van der Waals surface area contributed by atoms with Crippen molar-refractivity contribution < 1.29 is 14.4 Å². The Morgan fingerprint density at radius 2 is 1.65 bits per heavy atom. The van der Waals surface area contributed by atoms with Crippen molar-refractivity contribution in [2.24, 2.45) is 0 Å². The number of rotatable bonds is 7. The maximum Gasteiger partial charge on any atom is 0.324 e. The molecular weight excluding hydrogens is 330 g/mol. The van der Waals surface area contributed by atoms with Gasteiger partial charge in [0.1, 0.15) is 6.04 Å². The van der Waals surface area contributed by atoms with Crippen LogP contribution in [-0.2, 0) is 16.0 Å². The van der Waals surface area contributed by atoms with E-state index in [1.54, 1.807) is 12.1 Å². The third kappa shape index (κ3) is 4.47. The summed E-state index contributed by atoms with van der Waals surface area (Å²) >= 11 is 0. The number of hydrogen-bond acceptors (Lipinski definition) is 3. The molecule has 0 radical (unpaired) electrons. The van der Waals surface area contributed by atoms with Crippen LogP contribution in [0.25, 0.3) is 0 Å². The lowest BCUT2D eigenvalue weighted by molar-refractivity contribution is -0.127. The summed E-state index contributed by atoms with van der Waals surface area (Å²) in [6, 6.07) is 17.8. The van der Waals surface area contributed by atoms with E-state index in [1.807, 2.05) is 48.5 Å². The molecule has 0 spiro atoms. The highest BCUT2D eigenvalue weighted by Gasteiger charge is 2.37. The van der Waals surface area contributed by atoms with Crippen molar-refractivity contribution >= 4 is 23.5 Å². The average Bonchev–Trinajstić information content (AvgIpc) is 2.93. The summed E-state index contributed by atoms with van der Waals surface area (Å²) < 4.78 is 0. The molecular formula is C20H21N3O3. The number of carbonyl (C=O) groups is 3. The third-order valence-corrected chi connectivity index (χ3v) is 4.29. The number of imide groups is 1. The molecule has 4 amide bonds. The molecule has 1 heterocycles. The van der Waals surface area contributed by atoms with Crippen LogP contribution in [0.15, 0.2) is 60.7 Å². The van der Waals surface area contributed by atoms with Gasteiger partial charge in [0.15, 0.2) is 0 Å². The molecule has 6 heteroatoms. The summed E-state index contributed by atoms with van der Waals surface area (Å²) in [4.78, 5) is 37.7. The Bertz CT molecular complexity index is 777. The minimum absolute atomic E-state index is 0.165. The molecule has 1 saturated heterocycles. The van der Waals surface area contributed by atoms with E-state index in [-0.39, 0.29) is 30.7 Å². The van der Waals surface area contributed by atoms with Crippen LogP contribution in [-0.4, -0.2) is 35.3 Å². The molecule has 6 nitrogen and oxygen atoms in total. The van der Waals surface area contributed by atoms with Gasteiger partial charge in [0.2, 0.25) is 5.91 Å². The Hall–Kier alpha value is -3.15. The minimum Gasteiger partial charge on any atom is -0.326 e. The highest BCUT2D eigenvalue weighted by molar-refractivity contribution is 6.04. The van der Waals surface area contributed by atoms with E-state index in [1.165, 1.54) is 4.90 Å². The number of benzene rings is 2. The maximum atomic E-state index is 12.4. The molecule has 1 atom stereocenters. The Balaban J connectivity index is 1.48. The Kier molecular flexibility index (Phi) is 5.63. The zero-order valence-electron chi connectivity index (χ0n) is 14.4. The summed E-state index contributed by atoms with van der Waals surface area (Å²) in [6.45, 7) is 0.335. The standard InChI is InChI=1S/C20H21N3O3/c24-18(21-16-9-5-2-6-10-16)12-11-17-19(25)23(20(26)22-17)14-13-15-7-3-1-4-8-15/h1-10,17H,11-14H2,(H,21,24)(H,22,26)/t17-/m0/s1. The second-order valence-corrected chi connectivity index (χ2v) is 6.18.